The van der Waals surface area contributed by atoms with Gasteiger partial charge < -0.3 is 5.32 Å². The molecule has 2 rings (SSSR count). The van der Waals surface area contributed by atoms with Crippen LogP contribution in [0.4, 0.5) is 10.2 Å². The minimum Gasteiger partial charge on any atom is -0.363 e. The minimum atomic E-state index is -0.401. The Labute approximate surface area is 130 Å². The Morgan fingerprint density at radius 1 is 1.38 bits per heavy atom. The number of anilines is 1. The molecule has 0 saturated carbocycles. The first-order valence-corrected chi connectivity index (χ1v) is 6.94. The van der Waals surface area contributed by atoms with Crippen molar-refractivity contribution in [3.8, 4) is 0 Å². The van der Waals surface area contributed by atoms with Gasteiger partial charge >= 0.3 is 0 Å². The number of alkyl halides is 1. The average molecular weight is 316 g/mol. The quantitative estimate of drug-likeness (QED) is 0.854. The van der Waals surface area contributed by atoms with E-state index in [9.17, 15) is 4.39 Å². The van der Waals surface area contributed by atoms with Gasteiger partial charge in [0.1, 0.15) is 6.67 Å². The van der Waals surface area contributed by atoms with Crippen LogP contribution in [0.25, 0.3) is 0 Å². The first-order chi connectivity index (χ1) is 9.60. The molecule has 118 valence electrons. The SMILES string of the molecule is Cc1cn(CCF)nc1NCc1ccnn1CC(C)C.Cl. The third kappa shape index (κ3) is 4.74. The van der Waals surface area contributed by atoms with Gasteiger partial charge in [-0.3, -0.25) is 9.36 Å². The monoisotopic (exact) mass is 315 g/mol. The van der Waals surface area contributed by atoms with E-state index in [-0.39, 0.29) is 12.4 Å². The summed E-state index contributed by atoms with van der Waals surface area (Å²) in [5, 5.41) is 11.9. The Kier molecular flexibility index (Phi) is 6.68. The topological polar surface area (TPSA) is 47.7 Å². The normalized spacial score (nSPS) is 10.7. The Morgan fingerprint density at radius 3 is 2.81 bits per heavy atom. The van der Waals surface area contributed by atoms with Crippen molar-refractivity contribution in [2.75, 3.05) is 12.0 Å². The van der Waals surface area contributed by atoms with E-state index in [1.54, 1.807) is 4.68 Å². The van der Waals surface area contributed by atoms with Crippen LogP contribution in [0.15, 0.2) is 18.5 Å². The fourth-order valence-electron chi connectivity index (χ4n) is 2.09. The highest BCUT2D eigenvalue weighted by Gasteiger charge is 2.08. The van der Waals surface area contributed by atoms with Gasteiger partial charge in [0.15, 0.2) is 5.82 Å². The van der Waals surface area contributed by atoms with Crippen molar-refractivity contribution in [3.63, 3.8) is 0 Å². The van der Waals surface area contributed by atoms with Crippen LogP contribution in [-0.2, 0) is 19.6 Å². The van der Waals surface area contributed by atoms with Crippen LogP contribution in [-0.4, -0.2) is 26.2 Å². The summed E-state index contributed by atoms with van der Waals surface area (Å²) in [5.74, 6) is 1.36. The molecule has 0 aliphatic rings. The summed E-state index contributed by atoms with van der Waals surface area (Å²) >= 11 is 0. The van der Waals surface area contributed by atoms with E-state index < -0.39 is 6.67 Å². The van der Waals surface area contributed by atoms with E-state index in [2.05, 4.69) is 29.4 Å². The van der Waals surface area contributed by atoms with Gasteiger partial charge in [0.25, 0.3) is 0 Å². The summed E-state index contributed by atoms with van der Waals surface area (Å²) in [5.41, 5.74) is 2.14. The summed E-state index contributed by atoms with van der Waals surface area (Å²) in [4.78, 5) is 0. The van der Waals surface area contributed by atoms with Crippen LogP contribution in [0.5, 0.6) is 0 Å². The summed E-state index contributed by atoms with van der Waals surface area (Å²) < 4.78 is 15.9. The first-order valence-electron chi connectivity index (χ1n) is 6.94. The molecule has 2 heterocycles. The lowest BCUT2D eigenvalue weighted by Gasteiger charge is -2.10. The maximum atomic E-state index is 12.3. The van der Waals surface area contributed by atoms with E-state index in [1.165, 1.54) is 0 Å². The van der Waals surface area contributed by atoms with Gasteiger partial charge in [0, 0.05) is 24.5 Å². The van der Waals surface area contributed by atoms with E-state index in [4.69, 9.17) is 0 Å². The minimum absolute atomic E-state index is 0. The number of hydrogen-bond acceptors (Lipinski definition) is 3. The Bertz CT molecular complexity index is 549. The maximum Gasteiger partial charge on any atom is 0.151 e. The average Bonchev–Trinajstić information content (AvgIpc) is 2.94. The molecule has 0 fully saturated rings. The van der Waals surface area contributed by atoms with Crippen molar-refractivity contribution >= 4 is 18.2 Å². The predicted molar refractivity (Wildman–Crippen MR) is 84.6 cm³/mol. The fraction of sp³-hybridized carbons (Fsp3) is 0.571. The van der Waals surface area contributed by atoms with Crippen LogP contribution in [0, 0.1) is 12.8 Å². The smallest absolute Gasteiger partial charge is 0.151 e. The zero-order valence-corrected chi connectivity index (χ0v) is 13.5. The Balaban J connectivity index is 0.00000220. The molecule has 0 atom stereocenters. The lowest BCUT2D eigenvalue weighted by molar-refractivity contribution is 0.427. The fourth-order valence-corrected chi connectivity index (χ4v) is 2.09. The number of nitrogens with one attached hydrogen (secondary N) is 1. The molecule has 7 heteroatoms. The molecule has 2 aromatic heterocycles. The molecule has 2 aromatic rings. The number of hydrogen-bond donors (Lipinski definition) is 1. The van der Waals surface area contributed by atoms with Gasteiger partial charge in [-0.15, -0.1) is 12.4 Å². The molecule has 5 nitrogen and oxygen atoms in total. The molecule has 1 N–H and O–H groups in total. The maximum absolute atomic E-state index is 12.3. The molecule has 0 saturated heterocycles. The van der Waals surface area contributed by atoms with Crippen molar-refractivity contribution < 1.29 is 4.39 Å². The van der Waals surface area contributed by atoms with E-state index in [1.807, 2.05) is 30.1 Å². The van der Waals surface area contributed by atoms with Gasteiger partial charge in [-0.25, -0.2) is 4.39 Å². The molecule has 0 bridgehead atoms. The van der Waals surface area contributed by atoms with Crippen molar-refractivity contribution in [2.24, 2.45) is 5.92 Å². The van der Waals surface area contributed by atoms with Gasteiger partial charge in [0.2, 0.25) is 0 Å². The number of halogens is 2. The molecule has 0 aliphatic heterocycles. The second-order valence-electron chi connectivity index (χ2n) is 5.36. The Morgan fingerprint density at radius 2 is 2.14 bits per heavy atom. The largest absolute Gasteiger partial charge is 0.363 e. The molecule has 0 unspecified atom stereocenters. The van der Waals surface area contributed by atoms with E-state index >= 15 is 0 Å². The number of aryl methyl sites for hydroxylation is 2. The van der Waals surface area contributed by atoms with Crippen LogP contribution in [0.1, 0.15) is 25.1 Å². The van der Waals surface area contributed by atoms with Crippen molar-refractivity contribution in [3.05, 3.63) is 29.7 Å². The van der Waals surface area contributed by atoms with Crippen LogP contribution in [0.2, 0.25) is 0 Å². The molecule has 0 spiro atoms. The third-order valence-corrected chi connectivity index (χ3v) is 3.04. The molecule has 0 aromatic carbocycles. The van der Waals surface area contributed by atoms with Gasteiger partial charge in [-0.2, -0.15) is 10.2 Å². The second kappa shape index (κ2) is 8.02. The van der Waals surface area contributed by atoms with Crippen LogP contribution < -0.4 is 5.32 Å². The summed E-state index contributed by atoms with van der Waals surface area (Å²) in [7, 11) is 0. The molecular weight excluding hydrogens is 293 g/mol. The number of aromatic nitrogens is 4. The highest BCUT2D eigenvalue weighted by Crippen LogP contribution is 2.13. The Hall–Kier alpha value is -1.56. The van der Waals surface area contributed by atoms with Gasteiger partial charge in [-0.05, 0) is 18.9 Å². The molecule has 0 amide bonds. The van der Waals surface area contributed by atoms with Crippen molar-refractivity contribution in [1.29, 1.82) is 0 Å². The highest BCUT2D eigenvalue weighted by molar-refractivity contribution is 5.85. The molecular formula is C14H23ClFN5. The van der Waals surface area contributed by atoms with Crippen molar-refractivity contribution in [1.82, 2.24) is 19.6 Å². The second-order valence-corrected chi connectivity index (χ2v) is 5.36. The molecule has 21 heavy (non-hydrogen) atoms. The zero-order chi connectivity index (χ0) is 14.5. The molecule has 0 aliphatic carbocycles. The standard InChI is InChI=1S/C14H22FN5.ClH/c1-11(2)9-20-13(4-6-17-20)8-16-14-12(3)10-19(18-14)7-5-15;/h4,6,10-11H,5,7-9H2,1-3H3,(H,16,18);1H. The third-order valence-electron chi connectivity index (χ3n) is 3.04. The van der Waals surface area contributed by atoms with Crippen LogP contribution in [0.3, 0.4) is 0 Å². The number of nitrogens with zero attached hydrogens (tertiary/aromatic N) is 4. The highest BCUT2D eigenvalue weighted by atomic mass is 35.5. The first kappa shape index (κ1) is 17.5. The lowest BCUT2D eigenvalue weighted by atomic mass is 10.2. The molecule has 0 radical (unpaired) electrons. The van der Waals surface area contributed by atoms with E-state index in [0.717, 1.165) is 23.6 Å². The van der Waals surface area contributed by atoms with Gasteiger partial charge in [-0.1, -0.05) is 13.8 Å². The van der Waals surface area contributed by atoms with E-state index in [0.29, 0.717) is 19.0 Å². The lowest BCUT2D eigenvalue weighted by Crippen LogP contribution is -2.13. The van der Waals surface area contributed by atoms with Crippen LogP contribution >= 0.6 is 12.4 Å². The van der Waals surface area contributed by atoms with Gasteiger partial charge in [0.05, 0.1) is 18.8 Å². The summed E-state index contributed by atoms with van der Waals surface area (Å²) in [6.07, 6.45) is 3.67. The summed E-state index contributed by atoms with van der Waals surface area (Å²) in [6, 6.07) is 2.00. The predicted octanol–water partition coefficient (Wildman–Crippen LogP) is 3.05. The zero-order valence-electron chi connectivity index (χ0n) is 12.7. The van der Waals surface area contributed by atoms with Crippen molar-refractivity contribution in [2.45, 2.75) is 40.4 Å². The number of rotatable bonds is 7. The summed E-state index contributed by atoms with van der Waals surface area (Å²) in [6.45, 7) is 7.77.